The molecule has 5 nitrogen and oxygen atoms in total. The van der Waals surface area contributed by atoms with Crippen LogP contribution in [0, 0.1) is 6.92 Å². The van der Waals surface area contributed by atoms with Crippen molar-refractivity contribution in [1.82, 2.24) is 4.98 Å². The number of rotatable bonds is 1. The van der Waals surface area contributed by atoms with Gasteiger partial charge >= 0.3 is 5.97 Å². The molecule has 1 aromatic rings. The van der Waals surface area contributed by atoms with Crippen molar-refractivity contribution >= 4 is 23.6 Å². The summed E-state index contributed by atoms with van der Waals surface area (Å²) in [5, 5.41) is 8.98. The fourth-order valence-corrected chi connectivity index (χ4v) is 1.72. The number of aryl methyl sites for hydroxylation is 1. The minimum absolute atomic E-state index is 0.696. The molecule has 1 aromatic heterocycles. The zero-order valence-electron chi connectivity index (χ0n) is 8.51. The van der Waals surface area contributed by atoms with Crippen molar-refractivity contribution in [1.29, 1.82) is 0 Å². The average molecular weight is 205 g/mol. The molecule has 0 radical (unpaired) electrons. The number of aliphatic imine (C=N–C) groups is 1. The third kappa shape index (κ3) is 1.45. The SMILES string of the molecule is Cc1cncc2c1N(C)C(C(=O)O)C=N2. The normalized spacial score (nSPS) is 18.8. The first-order chi connectivity index (χ1) is 7.11. The summed E-state index contributed by atoms with van der Waals surface area (Å²) in [6, 6.07) is -0.696. The van der Waals surface area contributed by atoms with Gasteiger partial charge in [-0.1, -0.05) is 0 Å². The number of anilines is 1. The molecule has 2 rings (SSSR count). The Morgan fingerprint density at radius 1 is 1.53 bits per heavy atom. The summed E-state index contributed by atoms with van der Waals surface area (Å²) in [7, 11) is 1.75. The number of nitrogens with zero attached hydrogens (tertiary/aromatic N) is 3. The van der Waals surface area contributed by atoms with Crippen molar-refractivity contribution in [3.63, 3.8) is 0 Å². The molecule has 1 atom stereocenters. The first-order valence-corrected chi connectivity index (χ1v) is 4.55. The lowest BCUT2D eigenvalue weighted by molar-refractivity contribution is -0.136. The smallest absolute Gasteiger partial charge is 0.332 e. The van der Waals surface area contributed by atoms with Crippen molar-refractivity contribution in [2.75, 3.05) is 11.9 Å². The van der Waals surface area contributed by atoms with Crippen LogP contribution in [0.4, 0.5) is 11.4 Å². The highest BCUT2D eigenvalue weighted by Crippen LogP contribution is 2.33. The molecule has 0 saturated carbocycles. The standard InChI is InChI=1S/C10H11N3O2/c1-6-3-11-4-7-9(6)13(2)8(5-12-7)10(14)15/h3-5,8H,1-2H3,(H,14,15). The summed E-state index contributed by atoms with van der Waals surface area (Å²) < 4.78 is 0. The molecule has 0 amide bonds. The highest BCUT2D eigenvalue weighted by Gasteiger charge is 2.27. The number of carbonyl (C=O) groups is 1. The van der Waals surface area contributed by atoms with E-state index >= 15 is 0 Å². The first-order valence-electron chi connectivity index (χ1n) is 4.55. The third-order valence-electron chi connectivity index (χ3n) is 2.46. The van der Waals surface area contributed by atoms with Gasteiger partial charge in [0.25, 0.3) is 0 Å². The molecule has 1 N–H and O–H groups in total. The van der Waals surface area contributed by atoms with E-state index in [9.17, 15) is 4.79 Å². The first kappa shape index (κ1) is 9.64. The summed E-state index contributed by atoms with van der Waals surface area (Å²) in [6.07, 6.45) is 4.76. The number of likely N-dealkylation sites (N-methyl/N-ethyl adjacent to an activating group) is 1. The van der Waals surface area contributed by atoms with Gasteiger partial charge in [0.1, 0.15) is 5.69 Å². The summed E-state index contributed by atoms with van der Waals surface area (Å²) >= 11 is 0. The van der Waals surface area contributed by atoms with Crippen molar-refractivity contribution in [3.8, 4) is 0 Å². The van der Waals surface area contributed by atoms with E-state index in [4.69, 9.17) is 5.11 Å². The van der Waals surface area contributed by atoms with Gasteiger partial charge in [-0.25, -0.2) is 4.79 Å². The average Bonchev–Trinajstić information content (AvgIpc) is 2.17. The van der Waals surface area contributed by atoms with Crippen LogP contribution in [0.5, 0.6) is 0 Å². The topological polar surface area (TPSA) is 65.8 Å². The summed E-state index contributed by atoms with van der Waals surface area (Å²) in [4.78, 5) is 20.7. The Kier molecular flexibility index (Phi) is 2.15. The molecule has 0 saturated heterocycles. The van der Waals surface area contributed by atoms with Gasteiger partial charge in [0, 0.05) is 19.5 Å². The number of hydrogen-bond donors (Lipinski definition) is 1. The van der Waals surface area contributed by atoms with Gasteiger partial charge in [-0.15, -0.1) is 0 Å². The molecule has 15 heavy (non-hydrogen) atoms. The molecule has 5 heteroatoms. The lowest BCUT2D eigenvalue weighted by Gasteiger charge is -2.29. The number of pyridine rings is 1. The molecule has 0 bridgehead atoms. The van der Waals surface area contributed by atoms with Crippen molar-refractivity contribution < 1.29 is 9.90 Å². The van der Waals surface area contributed by atoms with Gasteiger partial charge in [0.2, 0.25) is 0 Å². The molecule has 78 valence electrons. The minimum Gasteiger partial charge on any atom is -0.479 e. The van der Waals surface area contributed by atoms with Crippen molar-refractivity contribution in [2.24, 2.45) is 4.99 Å². The number of aromatic nitrogens is 1. The van der Waals surface area contributed by atoms with Crippen LogP contribution in [0.25, 0.3) is 0 Å². The second-order valence-corrected chi connectivity index (χ2v) is 3.50. The van der Waals surface area contributed by atoms with E-state index in [1.54, 1.807) is 24.3 Å². The third-order valence-corrected chi connectivity index (χ3v) is 2.46. The van der Waals surface area contributed by atoms with Crippen LogP contribution >= 0.6 is 0 Å². The lowest BCUT2D eigenvalue weighted by atomic mass is 10.1. The van der Waals surface area contributed by atoms with Crippen LogP contribution in [-0.2, 0) is 4.79 Å². The Labute approximate surface area is 87.1 Å². The molecule has 0 aromatic carbocycles. The number of aliphatic carboxylic acids is 1. The molecular formula is C10H11N3O2. The second-order valence-electron chi connectivity index (χ2n) is 3.50. The highest BCUT2D eigenvalue weighted by molar-refractivity contribution is 6.01. The van der Waals surface area contributed by atoms with Crippen molar-refractivity contribution in [2.45, 2.75) is 13.0 Å². The molecule has 0 fully saturated rings. The van der Waals surface area contributed by atoms with E-state index in [2.05, 4.69) is 9.98 Å². The van der Waals surface area contributed by atoms with E-state index in [-0.39, 0.29) is 0 Å². The van der Waals surface area contributed by atoms with Crippen LogP contribution in [0.2, 0.25) is 0 Å². The van der Waals surface area contributed by atoms with Crippen LogP contribution in [-0.4, -0.2) is 35.4 Å². The Morgan fingerprint density at radius 3 is 2.93 bits per heavy atom. The van der Waals surface area contributed by atoms with Gasteiger partial charge < -0.3 is 10.0 Å². The van der Waals surface area contributed by atoms with Crippen molar-refractivity contribution in [3.05, 3.63) is 18.0 Å². The minimum atomic E-state index is -0.900. The Hall–Kier alpha value is -1.91. The van der Waals surface area contributed by atoms with Crippen LogP contribution in [0.1, 0.15) is 5.56 Å². The number of fused-ring (bicyclic) bond motifs is 1. The molecule has 0 spiro atoms. The highest BCUT2D eigenvalue weighted by atomic mass is 16.4. The summed E-state index contributed by atoms with van der Waals surface area (Å²) in [6.45, 7) is 1.89. The van der Waals surface area contributed by atoms with Gasteiger partial charge in [0.05, 0.1) is 11.9 Å². The second kappa shape index (κ2) is 3.34. The fraction of sp³-hybridized carbons (Fsp3) is 0.300. The summed E-state index contributed by atoms with van der Waals surface area (Å²) in [5.74, 6) is -0.900. The molecule has 1 aliphatic rings. The zero-order chi connectivity index (χ0) is 11.0. The Bertz CT molecular complexity index is 442. The molecule has 1 unspecified atom stereocenters. The Balaban J connectivity index is 2.52. The van der Waals surface area contributed by atoms with E-state index in [1.807, 2.05) is 6.92 Å². The van der Waals surface area contributed by atoms with Crippen LogP contribution < -0.4 is 4.90 Å². The monoisotopic (exact) mass is 205 g/mol. The van der Waals surface area contributed by atoms with Gasteiger partial charge in [-0.05, 0) is 12.5 Å². The maximum atomic E-state index is 10.9. The van der Waals surface area contributed by atoms with E-state index in [0.29, 0.717) is 0 Å². The maximum Gasteiger partial charge on any atom is 0.332 e. The molecule has 1 aliphatic heterocycles. The molecular weight excluding hydrogens is 194 g/mol. The number of carboxylic acids is 1. The van der Waals surface area contributed by atoms with E-state index in [1.165, 1.54) is 6.21 Å². The quantitative estimate of drug-likeness (QED) is 0.742. The van der Waals surface area contributed by atoms with Gasteiger partial charge in [-0.3, -0.25) is 9.98 Å². The van der Waals surface area contributed by atoms with Gasteiger partial charge in [-0.2, -0.15) is 0 Å². The van der Waals surface area contributed by atoms with Gasteiger partial charge in [0.15, 0.2) is 6.04 Å². The number of hydrogen-bond acceptors (Lipinski definition) is 4. The van der Waals surface area contributed by atoms with Crippen LogP contribution in [0.3, 0.4) is 0 Å². The number of carboxylic acid groups (broad SMARTS) is 1. The molecule has 0 aliphatic carbocycles. The largest absolute Gasteiger partial charge is 0.479 e. The predicted octanol–water partition coefficient (Wildman–Crippen LogP) is 0.995. The maximum absolute atomic E-state index is 10.9. The zero-order valence-corrected chi connectivity index (χ0v) is 8.51. The predicted molar refractivity (Wildman–Crippen MR) is 57.0 cm³/mol. The van der Waals surface area contributed by atoms with Crippen LogP contribution in [0.15, 0.2) is 17.4 Å². The lowest BCUT2D eigenvalue weighted by Crippen LogP contribution is -2.41. The Morgan fingerprint density at radius 2 is 2.27 bits per heavy atom. The van der Waals surface area contributed by atoms with E-state index in [0.717, 1.165) is 16.9 Å². The summed E-state index contributed by atoms with van der Waals surface area (Å²) in [5.41, 5.74) is 2.48. The van der Waals surface area contributed by atoms with E-state index < -0.39 is 12.0 Å². The fourth-order valence-electron chi connectivity index (χ4n) is 1.72. The molecule has 2 heterocycles.